The summed E-state index contributed by atoms with van der Waals surface area (Å²) in [6.45, 7) is 1.47. The zero-order valence-electron chi connectivity index (χ0n) is 36.2. The highest BCUT2D eigenvalue weighted by Gasteiger charge is 2.30. The largest absolute Gasteiger partial charge is 0.447 e. The normalized spacial score (nSPS) is 14.1. The summed E-state index contributed by atoms with van der Waals surface area (Å²) in [5, 5.41) is 17.1. The number of nitrogens with two attached hydrogens (primary N) is 2. The zero-order chi connectivity index (χ0) is 46.2. The quantitative estimate of drug-likeness (QED) is 0.0232. The predicted octanol–water partition coefficient (Wildman–Crippen LogP) is 0.157. The summed E-state index contributed by atoms with van der Waals surface area (Å²) in [5.74, 6) is -2.59. The minimum absolute atomic E-state index is 0.0184. The number of nitrogens with zero attached hydrogens (tertiary/aromatic N) is 2. The van der Waals surface area contributed by atoms with Crippen LogP contribution in [0, 0.1) is 0 Å². The van der Waals surface area contributed by atoms with E-state index in [-0.39, 0.29) is 100 Å². The lowest BCUT2D eigenvalue weighted by molar-refractivity contribution is -0.139. The fourth-order valence-electron chi connectivity index (χ4n) is 5.73. The number of carbonyl (C=O) groups excluding carboxylic acids is 8. The molecule has 2 rings (SSSR count). The first-order chi connectivity index (χ1) is 30.3. The highest BCUT2D eigenvalue weighted by atomic mass is 33.2. The van der Waals surface area contributed by atoms with Gasteiger partial charge in [-0.3, -0.25) is 39.4 Å². The number of nitrogens with one attached hydrogen (secondary N) is 6. The molecule has 22 nitrogen and oxygen atoms in total. The van der Waals surface area contributed by atoms with Gasteiger partial charge in [0.1, 0.15) is 35.7 Å². The van der Waals surface area contributed by atoms with Gasteiger partial charge in [0, 0.05) is 66.3 Å². The van der Waals surface area contributed by atoms with Gasteiger partial charge in [-0.2, -0.15) is 0 Å². The van der Waals surface area contributed by atoms with Gasteiger partial charge in [0.15, 0.2) is 0 Å². The van der Waals surface area contributed by atoms with E-state index in [4.69, 9.17) is 30.4 Å². The van der Waals surface area contributed by atoms with Gasteiger partial charge in [-0.15, -0.1) is 0 Å². The molecule has 360 valence electrons. The van der Waals surface area contributed by atoms with Gasteiger partial charge in [-0.05, 0) is 57.8 Å². The molecule has 0 spiro atoms. The van der Waals surface area contributed by atoms with Crippen molar-refractivity contribution in [3.05, 3.63) is 0 Å². The number of amides is 8. The number of carbonyl (C=O) groups is 8. The summed E-state index contributed by atoms with van der Waals surface area (Å²) in [4.78, 5) is 103. The smallest absolute Gasteiger partial charge is 0.407 e. The van der Waals surface area contributed by atoms with E-state index in [9.17, 15) is 38.4 Å². The van der Waals surface area contributed by atoms with Crippen molar-refractivity contribution in [1.82, 2.24) is 41.7 Å². The summed E-state index contributed by atoms with van der Waals surface area (Å²) in [5.41, 5.74) is 11.0. The Bertz CT molecular complexity index is 1350. The molecule has 2 heterocycles. The number of methoxy groups -OCH3 is 2. The molecule has 0 saturated carbocycles. The molecule has 63 heavy (non-hydrogen) atoms. The van der Waals surface area contributed by atoms with E-state index >= 15 is 0 Å². The van der Waals surface area contributed by atoms with Gasteiger partial charge in [0.2, 0.25) is 35.4 Å². The number of hydrogen-bond donors (Lipinski definition) is 8. The molecular weight excluding hydrogens is 905 g/mol. The predicted molar refractivity (Wildman–Crippen MR) is 243 cm³/mol. The third kappa shape index (κ3) is 28.9. The average molecular weight is 971 g/mol. The van der Waals surface area contributed by atoms with E-state index in [0.29, 0.717) is 51.4 Å². The molecule has 10 N–H and O–H groups in total. The summed E-state index contributed by atoms with van der Waals surface area (Å²) in [6, 6.07) is -0.946. The Morgan fingerprint density at radius 2 is 0.921 bits per heavy atom. The average Bonchev–Trinajstić information content (AvgIpc) is 4.19. The van der Waals surface area contributed by atoms with E-state index in [1.807, 2.05) is 0 Å². The lowest BCUT2D eigenvalue weighted by Crippen LogP contribution is -2.46. The Kier molecular flexibility index (Phi) is 30.1. The van der Waals surface area contributed by atoms with E-state index < -0.39 is 66.9 Å². The molecule has 0 radical (unpaired) electrons. The number of hydrogen-bond acceptors (Lipinski definition) is 18. The molecule has 2 aliphatic heterocycles. The van der Waals surface area contributed by atoms with Gasteiger partial charge in [0.25, 0.3) is 0 Å². The van der Waals surface area contributed by atoms with Crippen LogP contribution >= 0.6 is 43.2 Å². The van der Waals surface area contributed by atoms with Crippen molar-refractivity contribution in [1.29, 1.82) is 0 Å². The fourth-order valence-corrected chi connectivity index (χ4v) is 7.72. The lowest BCUT2D eigenvalue weighted by atomic mass is 10.1. The Labute approximate surface area is 384 Å². The second-order valence-corrected chi connectivity index (χ2v) is 19.8. The maximum absolute atomic E-state index is 13.5. The molecule has 0 bridgehead atoms. The molecule has 0 aromatic rings. The Morgan fingerprint density at radius 3 is 1.30 bits per heavy atom. The molecule has 26 heteroatoms. The summed E-state index contributed by atoms with van der Waals surface area (Å²) >= 11 is 0. The van der Waals surface area contributed by atoms with E-state index in [1.165, 1.54) is 14.2 Å². The SMILES string of the molecule is COCCOC(=O)NCCCN(CCCNC(=O)OCCOC)C(=O)CCCC(=O)N(CC(=O)NCCCC[C@H](NC1SS1)C(N)=O)CC(=O)NCCCC[C@H](NC1SS1)C(N)=O. The Balaban J connectivity index is 1.93. The zero-order valence-corrected chi connectivity index (χ0v) is 39.4. The van der Waals surface area contributed by atoms with Crippen molar-refractivity contribution in [3.63, 3.8) is 0 Å². The standard InChI is InChI=1S/C37H66N10O12S4/c1-56-20-22-58-34(54)42-16-8-18-46(19-9-17-43-35(55)59-23-21-57-2)30(50)12-7-13-31(51)47(24-28(48)40-14-5-3-10-26(32(38)52)44-36-60-61-36)25-29(49)41-15-6-4-11-27(33(39)53)45-37-62-63-37/h26-27,36-37,44-45H,3-25H2,1-2H3,(H2,38,52)(H2,39,53)(H,40,48)(H,41,49)(H,42,54)(H,43,55)/t26-,27-/m0/s1. The first kappa shape index (κ1) is 55.7. The van der Waals surface area contributed by atoms with Crippen LogP contribution in [-0.2, 0) is 47.7 Å². The molecule has 0 aliphatic carbocycles. The van der Waals surface area contributed by atoms with Crippen molar-refractivity contribution in [2.75, 3.05) is 93.0 Å². The van der Waals surface area contributed by atoms with Crippen molar-refractivity contribution in [3.8, 4) is 0 Å². The number of primary amides is 2. The lowest BCUT2D eigenvalue weighted by Gasteiger charge is -2.24. The molecule has 2 saturated heterocycles. The summed E-state index contributed by atoms with van der Waals surface area (Å²) < 4.78 is 20.0. The van der Waals surface area contributed by atoms with Crippen molar-refractivity contribution in [2.45, 2.75) is 92.1 Å². The second-order valence-electron chi connectivity index (χ2n) is 14.3. The topological polar surface area (TPSA) is 304 Å². The van der Waals surface area contributed by atoms with E-state index in [0.717, 1.165) is 4.90 Å². The van der Waals surface area contributed by atoms with Crippen LogP contribution in [0.3, 0.4) is 0 Å². The van der Waals surface area contributed by atoms with Crippen molar-refractivity contribution >= 4 is 90.8 Å². The first-order valence-corrected chi connectivity index (χ1v) is 25.5. The number of ether oxygens (including phenoxy) is 4. The monoisotopic (exact) mass is 970 g/mol. The molecule has 0 aromatic heterocycles. The first-order valence-electron chi connectivity index (χ1n) is 21.0. The van der Waals surface area contributed by atoms with Crippen molar-refractivity contribution in [2.24, 2.45) is 11.5 Å². The number of rotatable bonds is 38. The molecule has 2 atom stereocenters. The van der Waals surface area contributed by atoms with E-state index in [1.54, 1.807) is 48.1 Å². The Morgan fingerprint density at radius 1 is 0.524 bits per heavy atom. The maximum Gasteiger partial charge on any atom is 0.407 e. The maximum atomic E-state index is 13.5. The van der Waals surface area contributed by atoms with Gasteiger partial charge in [-0.1, -0.05) is 43.2 Å². The molecule has 8 amide bonds. The summed E-state index contributed by atoms with van der Waals surface area (Å²) in [7, 11) is 9.42. The third-order valence-corrected chi connectivity index (χ3v) is 12.8. The summed E-state index contributed by atoms with van der Waals surface area (Å²) in [6.07, 6.45) is 2.91. The molecule has 0 aromatic carbocycles. The number of alkyl carbamates (subject to hydrolysis) is 2. The van der Waals surface area contributed by atoms with Crippen LogP contribution in [0.15, 0.2) is 0 Å². The van der Waals surface area contributed by atoms with Gasteiger partial charge in [-0.25, -0.2) is 9.59 Å². The van der Waals surface area contributed by atoms with Crippen LogP contribution in [0.4, 0.5) is 9.59 Å². The molecular formula is C37H66N10O12S4. The van der Waals surface area contributed by atoms with Crippen LogP contribution in [0.1, 0.15) is 70.6 Å². The second kappa shape index (κ2) is 34.0. The highest BCUT2D eigenvalue weighted by Crippen LogP contribution is 2.51. The van der Waals surface area contributed by atoms with Gasteiger partial charge in [0.05, 0.1) is 25.3 Å². The van der Waals surface area contributed by atoms with E-state index in [2.05, 4.69) is 31.9 Å². The Hall–Kier alpha value is -3.40. The third-order valence-electron chi connectivity index (χ3n) is 9.17. The molecule has 2 fully saturated rings. The van der Waals surface area contributed by atoms with Gasteiger partial charge >= 0.3 is 12.2 Å². The minimum atomic E-state index is -0.617. The minimum Gasteiger partial charge on any atom is -0.447 e. The molecule has 2 aliphatic rings. The van der Waals surface area contributed by atoms with Crippen LogP contribution in [0.2, 0.25) is 0 Å². The highest BCUT2D eigenvalue weighted by molar-refractivity contribution is 8.93. The van der Waals surface area contributed by atoms with Crippen molar-refractivity contribution < 1.29 is 57.3 Å². The van der Waals surface area contributed by atoms with Crippen LogP contribution in [0.25, 0.3) is 0 Å². The molecule has 0 unspecified atom stereocenters. The fraction of sp³-hybridized carbons (Fsp3) is 0.784. The van der Waals surface area contributed by atoms with Crippen LogP contribution in [-0.4, -0.2) is 172 Å². The van der Waals surface area contributed by atoms with Crippen LogP contribution in [0.5, 0.6) is 0 Å². The van der Waals surface area contributed by atoms with Crippen LogP contribution < -0.4 is 43.4 Å². The van der Waals surface area contributed by atoms with Gasteiger partial charge < -0.3 is 61.5 Å². The number of unbranched alkanes of at least 4 members (excludes halogenated alkanes) is 2.